The largest absolute Gasteiger partial charge is 0.349 e. The van der Waals surface area contributed by atoms with Crippen LogP contribution in [0.25, 0.3) is 0 Å². The van der Waals surface area contributed by atoms with Crippen molar-refractivity contribution in [1.29, 1.82) is 0 Å². The molecule has 0 bridgehead atoms. The summed E-state index contributed by atoms with van der Waals surface area (Å²) in [6.07, 6.45) is 1.47. The fourth-order valence-electron chi connectivity index (χ4n) is 1.84. The second kappa shape index (κ2) is 5.93. The van der Waals surface area contributed by atoms with Gasteiger partial charge in [0.2, 0.25) is 0 Å². The Bertz CT molecular complexity index is 485. The second-order valence-corrected chi connectivity index (χ2v) is 6.78. The lowest BCUT2D eigenvalue weighted by Gasteiger charge is -2.22. The van der Waals surface area contributed by atoms with Gasteiger partial charge in [-0.1, -0.05) is 0 Å². The molecule has 6 heteroatoms. The maximum atomic E-state index is 13.1. The lowest BCUT2D eigenvalue weighted by Crippen LogP contribution is -2.39. The van der Waals surface area contributed by atoms with E-state index in [2.05, 4.69) is 21.2 Å². The molecule has 98 valence electrons. The summed E-state index contributed by atoms with van der Waals surface area (Å²) in [4.78, 5) is 11.9. The molecule has 0 unspecified atom stereocenters. The normalized spacial score (nSPS) is 23.7. The Labute approximate surface area is 116 Å². The van der Waals surface area contributed by atoms with Crippen molar-refractivity contribution in [1.82, 2.24) is 5.32 Å². The third-order valence-electron chi connectivity index (χ3n) is 2.90. The molecule has 0 spiro atoms. The monoisotopic (exact) mass is 333 g/mol. The van der Waals surface area contributed by atoms with Crippen LogP contribution in [0, 0.1) is 5.82 Å². The second-order valence-electron chi connectivity index (χ2n) is 4.22. The summed E-state index contributed by atoms with van der Waals surface area (Å²) >= 11 is 3.05. The van der Waals surface area contributed by atoms with Crippen molar-refractivity contribution in [2.45, 2.75) is 18.9 Å². The zero-order valence-electron chi connectivity index (χ0n) is 9.62. The van der Waals surface area contributed by atoms with Crippen molar-refractivity contribution in [3.8, 4) is 0 Å². The van der Waals surface area contributed by atoms with Gasteiger partial charge in [0.15, 0.2) is 0 Å². The lowest BCUT2D eigenvalue weighted by atomic mass is 10.1. The average molecular weight is 334 g/mol. The number of halogens is 2. The van der Waals surface area contributed by atoms with Crippen LogP contribution in [-0.2, 0) is 10.8 Å². The summed E-state index contributed by atoms with van der Waals surface area (Å²) in [7, 11) is -0.735. The zero-order valence-corrected chi connectivity index (χ0v) is 12.0. The van der Waals surface area contributed by atoms with Crippen molar-refractivity contribution in [2.75, 3.05) is 11.5 Å². The van der Waals surface area contributed by atoms with Gasteiger partial charge in [0.05, 0.1) is 4.47 Å². The number of carbonyl (C=O) groups excluding carboxylic acids is 1. The molecule has 1 aromatic carbocycles. The standard InChI is InChI=1S/C12H13BrFNO2S/c13-10-7-8(1-2-11(10)14)12(16)15-9-3-5-18(17)6-4-9/h1-2,7,9H,3-6H2,(H,15,16). The van der Waals surface area contributed by atoms with Crippen LogP contribution in [-0.4, -0.2) is 27.7 Å². The number of hydrogen-bond acceptors (Lipinski definition) is 2. The van der Waals surface area contributed by atoms with E-state index in [1.165, 1.54) is 18.2 Å². The van der Waals surface area contributed by atoms with Crippen molar-refractivity contribution in [3.63, 3.8) is 0 Å². The minimum Gasteiger partial charge on any atom is -0.349 e. The summed E-state index contributed by atoms with van der Waals surface area (Å²) in [5.74, 6) is 0.670. The number of benzene rings is 1. The molecule has 1 aliphatic rings. The first-order valence-electron chi connectivity index (χ1n) is 5.67. The third kappa shape index (κ3) is 3.38. The Hall–Kier alpha value is -0.750. The van der Waals surface area contributed by atoms with Gasteiger partial charge in [0.25, 0.3) is 5.91 Å². The molecule has 1 aromatic rings. The van der Waals surface area contributed by atoms with E-state index in [1.54, 1.807) is 0 Å². The highest BCUT2D eigenvalue weighted by Gasteiger charge is 2.20. The van der Waals surface area contributed by atoms with Crippen molar-refractivity contribution < 1.29 is 13.4 Å². The van der Waals surface area contributed by atoms with Gasteiger partial charge in [0.1, 0.15) is 5.82 Å². The molecule has 1 amide bonds. The van der Waals surface area contributed by atoms with E-state index in [4.69, 9.17) is 0 Å². The Balaban J connectivity index is 1.99. The van der Waals surface area contributed by atoms with E-state index in [9.17, 15) is 13.4 Å². The summed E-state index contributed by atoms with van der Waals surface area (Å²) in [6, 6.07) is 4.25. The van der Waals surface area contributed by atoms with Crippen LogP contribution in [0.1, 0.15) is 23.2 Å². The molecule has 1 N–H and O–H groups in total. The van der Waals surface area contributed by atoms with E-state index in [0.717, 1.165) is 12.8 Å². The topological polar surface area (TPSA) is 46.2 Å². The van der Waals surface area contributed by atoms with Crippen molar-refractivity contribution in [3.05, 3.63) is 34.1 Å². The first kappa shape index (κ1) is 13.7. The molecule has 18 heavy (non-hydrogen) atoms. The number of rotatable bonds is 2. The van der Waals surface area contributed by atoms with Gasteiger partial charge in [-0.05, 0) is 47.0 Å². The van der Waals surface area contributed by atoms with Crippen LogP contribution >= 0.6 is 15.9 Å². The van der Waals surface area contributed by atoms with Crippen LogP contribution in [0.15, 0.2) is 22.7 Å². The van der Waals surface area contributed by atoms with Gasteiger partial charge < -0.3 is 5.32 Å². The SMILES string of the molecule is O=C(NC1CCS(=O)CC1)c1ccc(F)c(Br)c1. The van der Waals surface area contributed by atoms with Crippen molar-refractivity contribution in [2.24, 2.45) is 0 Å². The molecule has 1 aliphatic heterocycles. The molecule has 2 rings (SSSR count). The Morgan fingerprint density at radius 1 is 1.39 bits per heavy atom. The van der Waals surface area contributed by atoms with Gasteiger partial charge in [-0.15, -0.1) is 0 Å². The van der Waals surface area contributed by atoms with E-state index >= 15 is 0 Å². The Morgan fingerprint density at radius 2 is 2.06 bits per heavy atom. The van der Waals surface area contributed by atoms with Crippen LogP contribution in [0.5, 0.6) is 0 Å². The molecule has 1 heterocycles. The summed E-state index contributed by atoms with van der Waals surface area (Å²) in [5.41, 5.74) is 0.426. The maximum absolute atomic E-state index is 13.1. The molecular formula is C12H13BrFNO2S. The first-order chi connectivity index (χ1) is 8.56. The van der Waals surface area contributed by atoms with E-state index in [0.29, 0.717) is 17.1 Å². The highest BCUT2D eigenvalue weighted by atomic mass is 79.9. The highest BCUT2D eigenvalue weighted by Crippen LogP contribution is 2.17. The predicted molar refractivity (Wildman–Crippen MR) is 72.5 cm³/mol. The Kier molecular flexibility index (Phi) is 4.50. The number of hydrogen-bond donors (Lipinski definition) is 1. The first-order valence-corrected chi connectivity index (χ1v) is 7.95. The van der Waals surface area contributed by atoms with E-state index in [-0.39, 0.29) is 22.2 Å². The Morgan fingerprint density at radius 3 is 2.67 bits per heavy atom. The van der Waals surface area contributed by atoms with Crippen LogP contribution in [0.2, 0.25) is 0 Å². The molecule has 0 radical (unpaired) electrons. The molecular weight excluding hydrogens is 321 g/mol. The minimum atomic E-state index is -0.735. The van der Waals surface area contributed by atoms with E-state index < -0.39 is 10.8 Å². The van der Waals surface area contributed by atoms with Crippen LogP contribution in [0.3, 0.4) is 0 Å². The molecule has 1 saturated heterocycles. The smallest absolute Gasteiger partial charge is 0.251 e. The highest BCUT2D eigenvalue weighted by molar-refractivity contribution is 9.10. The molecule has 1 fully saturated rings. The fraction of sp³-hybridized carbons (Fsp3) is 0.417. The summed E-state index contributed by atoms with van der Waals surface area (Å²) < 4.78 is 24.5. The van der Waals surface area contributed by atoms with Crippen LogP contribution in [0.4, 0.5) is 4.39 Å². The molecule has 0 atom stereocenters. The quantitative estimate of drug-likeness (QED) is 0.902. The van der Waals surface area contributed by atoms with Gasteiger partial charge in [-0.25, -0.2) is 4.39 Å². The number of nitrogens with one attached hydrogen (secondary N) is 1. The molecule has 0 aliphatic carbocycles. The van der Waals surface area contributed by atoms with Gasteiger partial charge >= 0.3 is 0 Å². The molecule has 3 nitrogen and oxygen atoms in total. The van der Waals surface area contributed by atoms with Gasteiger partial charge in [-0.3, -0.25) is 9.00 Å². The zero-order chi connectivity index (χ0) is 13.1. The van der Waals surface area contributed by atoms with Crippen LogP contribution < -0.4 is 5.32 Å². The molecule has 0 saturated carbocycles. The minimum absolute atomic E-state index is 0.0685. The summed E-state index contributed by atoms with van der Waals surface area (Å²) in [5, 5.41) is 2.89. The summed E-state index contributed by atoms with van der Waals surface area (Å²) in [6.45, 7) is 0. The van der Waals surface area contributed by atoms with Gasteiger partial charge in [0, 0.05) is 33.9 Å². The third-order valence-corrected chi connectivity index (χ3v) is 4.89. The maximum Gasteiger partial charge on any atom is 0.251 e. The number of carbonyl (C=O) groups is 1. The lowest BCUT2D eigenvalue weighted by molar-refractivity contribution is 0.0934. The fourth-order valence-corrected chi connectivity index (χ4v) is 3.52. The van der Waals surface area contributed by atoms with E-state index in [1.807, 2.05) is 0 Å². The average Bonchev–Trinajstić information content (AvgIpc) is 2.35. The van der Waals surface area contributed by atoms with Crippen molar-refractivity contribution >= 4 is 32.6 Å². The molecule has 0 aromatic heterocycles. The number of amides is 1. The van der Waals surface area contributed by atoms with Gasteiger partial charge in [-0.2, -0.15) is 0 Å². The predicted octanol–water partition coefficient (Wildman–Crippen LogP) is 2.23.